The Hall–Kier alpha value is -4.85. The summed E-state index contributed by atoms with van der Waals surface area (Å²) in [6.07, 6.45) is 2.94. The lowest BCUT2D eigenvalue weighted by atomic mass is 10.2. The Morgan fingerprint density at radius 3 is 1.89 bits per heavy atom. The number of ether oxygens (including phenoxy) is 2. The molecule has 3 aromatic carbocycles. The minimum Gasteiger partial charge on any atom is -0.419 e. The minimum absolute atomic E-state index is 0.0688. The second-order valence-electron chi connectivity index (χ2n) is 8.05. The van der Waals surface area contributed by atoms with Crippen LogP contribution >= 0.6 is 0 Å². The van der Waals surface area contributed by atoms with Gasteiger partial charge in [-0.2, -0.15) is 0 Å². The third-order valence-electron chi connectivity index (χ3n) is 4.74. The summed E-state index contributed by atoms with van der Waals surface area (Å²) in [6, 6.07) is 27.6. The monoisotopic (exact) mass is 485 g/mol. The zero-order chi connectivity index (χ0) is 26.0. The second-order valence-corrected chi connectivity index (χ2v) is 8.05. The lowest BCUT2D eigenvalue weighted by Gasteiger charge is -2.29. The van der Waals surface area contributed by atoms with Gasteiger partial charge in [0, 0.05) is 54.6 Å². The number of para-hydroxylation sites is 3. The van der Waals surface area contributed by atoms with E-state index in [9.17, 15) is 14.4 Å². The number of cyclic esters (lactones) is 2. The summed E-state index contributed by atoms with van der Waals surface area (Å²) >= 11 is 0. The highest BCUT2D eigenvalue weighted by Gasteiger charge is 2.38. The Morgan fingerprint density at radius 1 is 0.778 bits per heavy atom. The molecule has 0 aliphatic carbocycles. The lowest BCUT2D eigenvalue weighted by molar-refractivity contribution is -0.222. The smallest absolute Gasteiger partial charge is 0.350 e. The van der Waals surface area contributed by atoms with Crippen molar-refractivity contribution in [2.24, 2.45) is 0 Å². The van der Waals surface area contributed by atoms with Crippen molar-refractivity contribution < 1.29 is 19.1 Å². The van der Waals surface area contributed by atoms with E-state index in [4.69, 9.17) is 15.2 Å². The fourth-order valence-corrected chi connectivity index (χ4v) is 3.04. The number of H-pyrrole nitrogens is 1. The highest BCUT2D eigenvalue weighted by Crippen LogP contribution is 2.22. The topological polar surface area (TPSA) is 124 Å². The number of fused-ring (bicyclic) bond motifs is 1. The van der Waals surface area contributed by atoms with E-state index in [-0.39, 0.29) is 11.0 Å². The molecule has 2 heterocycles. The molecule has 0 radical (unpaired) electrons. The fraction of sp³-hybridized carbons (Fsp3) is 0.107. The summed E-state index contributed by atoms with van der Waals surface area (Å²) in [6.45, 7) is 3.01. The first-order valence-electron chi connectivity index (χ1n) is 11.1. The number of hydrogen-bond acceptors (Lipinski definition) is 7. The number of carbonyl (C=O) groups is 2. The first kappa shape index (κ1) is 25.8. The van der Waals surface area contributed by atoms with Crippen LogP contribution in [-0.4, -0.2) is 22.7 Å². The zero-order valence-corrected chi connectivity index (χ0v) is 19.9. The van der Waals surface area contributed by atoms with Gasteiger partial charge in [-0.1, -0.05) is 48.5 Å². The Kier molecular flexibility index (Phi) is 8.61. The largest absolute Gasteiger partial charge is 0.419 e. The molecule has 1 fully saturated rings. The van der Waals surface area contributed by atoms with Crippen LogP contribution < -0.4 is 16.5 Å². The molecule has 8 nitrogen and oxygen atoms in total. The molecule has 0 saturated carbocycles. The van der Waals surface area contributed by atoms with Crippen LogP contribution in [0.3, 0.4) is 0 Å². The number of aromatic amines is 1. The third-order valence-corrected chi connectivity index (χ3v) is 4.74. The van der Waals surface area contributed by atoms with Gasteiger partial charge >= 0.3 is 11.9 Å². The molecule has 0 amide bonds. The van der Waals surface area contributed by atoms with Gasteiger partial charge in [0.2, 0.25) is 0 Å². The van der Waals surface area contributed by atoms with Crippen molar-refractivity contribution in [3.05, 3.63) is 119 Å². The number of benzene rings is 3. The van der Waals surface area contributed by atoms with Crippen molar-refractivity contribution >= 4 is 34.2 Å². The van der Waals surface area contributed by atoms with Gasteiger partial charge in [-0.15, -0.1) is 0 Å². The van der Waals surface area contributed by atoms with E-state index in [0.29, 0.717) is 0 Å². The quantitative estimate of drug-likeness (QED) is 0.164. The van der Waals surface area contributed by atoms with Crippen LogP contribution in [0.25, 0.3) is 10.9 Å². The van der Waals surface area contributed by atoms with Gasteiger partial charge < -0.3 is 25.5 Å². The van der Waals surface area contributed by atoms with Crippen molar-refractivity contribution in [2.75, 3.05) is 11.1 Å². The van der Waals surface area contributed by atoms with Gasteiger partial charge in [0.15, 0.2) is 11.0 Å². The number of rotatable bonds is 2. The Labute approximate surface area is 208 Å². The molecule has 8 heteroatoms. The fourth-order valence-electron chi connectivity index (χ4n) is 3.04. The Balaban J connectivity index is 0.000000169. The molecule has 4 N–H and O–H groups in total. The molecule has 0 unspecified atom stereocenters. The maximum absolute atomic E-state index is 11.6. The standard InChI is InChI=1S/C13H13NO4.C9H7NO.C6H7N/c1-13(2)17-11(15)10(12(16)18-13)8-14-9-6-4-3-5-7-9;11-9-5-6-10-8-4-2-1-3-7(8)9;7-6-4-2-1-3-5-6/h3-8,14H,1-2H3;1-6H,(H,10,11);1-5H,7H2. The first-order valence-corrected chi connectivity index (χ1v) is 11.1. The maximum atomic E-state index is 11.6. The van der Waals surface area contributed by atoms with Crippen LogP contribution in [-0.2, 0) is 19.1 Å². The predicted octanol–water partition coefficient (Wildman–Crippen LogP) is 4.62. The Bertz CT molecular complexity index is 1370. The SMILES string of the molecule is CC1(C)OC(=O)C(=CNc2ccccc2)C(=O)O1.Nc1ccccc1.O=c1cc[nH]c2ccccc12. The van der Waals surface area contributed by atoms with Crippen molar-refractivity contribution in [3.63, 3.8) is 0 Å². The Morgan fingerprint density at radius 2 is 1.33 bits per heavy atom. The van der Waals surface area contributed by atoms with Gasteiger partial charge in [-0.3, -0.25) is 4.79 Å². The normalized spacial score (nSPS) is 13.7. The molecule has 1 saturated heterocycles. The summed E-state index contributed by atoms with van der Waals surface area (Å²) in [4.78, 5) is 37.4. The molecule has 36 heavy (non-hydrogen) atoms. The van der Waals surface area contributed by atoms with Gasteiger partial charge in [-0.05, 0) is 36.4 Å². The van der Waals surface area contributed by atoms with E-state index in [1.165, 1.54) is 26.1 Å². The van der Waals surface area contributed by atoms with Gasteiger partial charge in [-0.25, -0.2) is 9.59 Å². The van der Waals surface area contributed by atoms with E-state index < -0.39 is 17.7 Å². The molecule has 1 aromatic heterocycles. The number of carbonyl (C=O) groups excluding carboxylic acids is 2. The molecular weight excluding hydrogens is 458 g/mol. The van der Waals surface area contributed by atoms with Crippen LogP contribution in [0.1, 0.15) is 13.8 Å². The van der Waals surface area contributed by atoms with Crippen molar-refractivity contribution in [2.45, 2.75) is 19.6 Å². The third kappa shape index (κ3) is 7.59. The van der Waals surface area contributed by atoms with Crippen LogP contribution in [0, 0.1) is 0 Å². The second kappa shape index (κ2) is 12.0. The number of nitrogens with two attached hydrogens (primary N) is 1. The lowest BCUT2D eigenvalue weighted by Crippen LogP contribution is -2.42. The summed E-state index contributed by atoms with van der Waals surface area (Å²) < 4.78 is 9.91. The van der Waals surface area contributed by atoms with Crippen LogP contribution in [0.4, 0.5) is 11.4 Å². The molecule has 0 atom stereocenters. The van der Waals surface area contributed by atoms with Crippen molar-refractivity contribution in [1.82, 2.24) is 4.98 Å². The van der Waals surface area contributed by atoms with Crippen LogP contribution in [0.15, 0.2) is 114 Å². The number of pyridine rings is 1. The number of esters is 2. The number of aromatic nitrogens is 1. The highest BCUT2D eigenvalue weighted by atomic mass is 16.7. The summed E-state index contributed by atoms with van der Waals surface area (Å²) in [5.74, 6) is -2.60. The molecule has 1 aliphatic rings. The number of hydrogen-bond donors (Lipinski definition) is 3. The molecular formula is C28H27N3O5. The van der Waals surface area contributed by atoms with Crippen LogP contribution in [0.5, 0.6) is 0 Å². The van der Waals surface area contributed by atoms with Crippen molar-refractivity contribution in [1.29, 1.82) is 0 Å². The van der Waals surface area contributed by atoms with E-state index in [1.807, 2.05) is 72.8 Å². The van der Waals surface area contributed by atoms with Crippen molar-refractivity contribution in [3.8, 4) is 0 Å². The molecule has 0 bridgehead atoms. The van der Waals surface area contributed by atoms with E-state index in [1.54, 1.807) is 18.3 Å². The number of nitrogens with one attached hydrogen (secondary N) is 2. The maximum Gasteiger partial charge on any atom is 0.350 e. The molecule has 5 rings (SSSR count). The van der Waals surface area contributed by atoms with Crippen LogP contribution in [0.2, 0.25) is 0 Å². The average Bonchev–Trinajstić information content (AvgIpc) is 2.85. The summed E-state index contributed by atoms with van der Waals surface area (Å²) in [7, 11) is 0. The minimum atomic E-state index is -1.21. The zero-order valence-electron chi connectivity index (χ0n) is 19.9. The highest BCUT2D eigenvalue weighted by molar-refractivity contribution is 6.15. The van der Waals surface area contributed by atoms with E-state index in [0.717, 1.165) is 22.3 Å². The number of nitrogen functional groups attached to an aromatic ring is 1. The number of anilines is 2. The van der Waals surface area contributed by atoms with Gasteiger partial charge in [0.05, 0.1) is 0 Å². The molecule has 1 aliphatic heterocycles. The van der Waals surface area contributed by atoms with Gasteiger partial charge in [0.1, 0.15) is 0 Å². The first-order chi connectivity index (χ1) is 17.2. The summed E-state index contributed by atoms with van der Waals surface area (Å²) in [5, 5.41) is 3.58. The van der Waals surface area contributed by atoms with E-state index >= 15 is 0 Å². The summed E-state index contributed by atoms with van der Waals surface area (Å²) in [5.41, 5.74) is 7.74. The van der Waals surface area contributed by atoms with E-state index in [2.05, 4.69) is 10.3 Å². The molecule has 184 valence electrons. The van der Waals surface area contributed by atoms with Gasteiger partial charge in [0.25, 0.3) is 5.79 Å². The average molecular weight is 486 g/mol. The molecule has 4 aromatic rings. The molecule has 0 spiro atoms. The predicted molar refractivity (Wildman–Crippen MR) is 140 cm³/mol.